The van der Waals surface area contributed by atoms with Gasteiger partial charge in [-0.25, -0.2) is 4.79 Å². The molecule has 35 heavy (non-hydrogen) atoms. The lowest BCUT2D eigenvalue weighted by Crippen LogP contribution is -2.29. The number of nitrogens with zero attached hydrogens (tertiary/aromatic N) is 1. The molecule has 0 aliphatic rings. The van der Waals surface area contributed by atoms with E-state index in [1.807, 2.05) is 0 Å². The molecule has 0 amide bonds. The summed E-state index contributed by atoms with van der Waals surface area (Å²) >= 11 is 0. The first-order valence-corrected chi connectivity index (χ1v) is 14.9. The SMILES string of the molecule is CCCCCCCCC(CCCCCCCC)OC(=O)OCCCCCCN(CCO)CCCO. The highest BCUT2D eigenvalue weighted by Crippen LogP contribution is 2.17. The van der Waals surface area contributed by atoms with Crippen molar-refractivity contribution >= 4 is 6.16 Å². The van der Waals surface area contributed by atoms with Crippen LogP contribution in [-0.4, -0.2) is 66.8 Å². The Balaban J connectivity index is 4.05. The van der Waals surface area contributed by atoms with Crippen LogP contribution in [0.5, 0.6) is 0 Å². The molecule has 6 nitrogen and oxygen atoms in total. The zero-order chi connectivity index (χ0) is 25.8. The average molecular weight is 502 g/mol. The van der Waals surface area contributed by atoms with Crippen molar-refractivity contribution in [2.75, 3.05) is 39.5 Å². The van der Waals surface area contributed by atoms with Gasteiger partial charge in [0.15, 0.2) is 0 Å². The number of aliphatic hydroxyl groups excluding tert-OH is 2. The van der Waals surface area contributed by atoms with Crippen molar-refractivity contribution < 1.29 is 24.5 Å². The van der Waals surface area contributed by atoms with Crippen molar-refractivity contribution in [3.63, 3.8) is 0 Å². The molecule has 0 bridgehead atoms. The lowest BCUT2D eigenvalue weighted by atomic mass is 10.0. The highest BCUT2D eigenvalue weighted by molar-refractivity contribution is 5.60. The van der Waals surface area contributed by atoms with Gasteiger partial charge in [-0.1, -0.05) is 90.9 Å². The van der Waals surface area contributed by atoms with E-state index in [4.69, 9.17) is 19.7 Å². The fraction of sp³-hybridized carbons (Fsp3) is 0.966. The Morgan fingerprint density at radius 2 is 1.14 bits per heavy atom. The number of carbonyl (C=O) groups excluding carboxylic acids is 1. The molecule has 0 unspecified atom stereocenters. The number of rotatable bonds is 27. The van der Waals surface area contributed by atoms with E-state index in [0.29, 0.717) is 13.2 Å². The fourth-order valence-corrected chi connectivity index (χ4v) is 4.45. The summed E-state index contributed by atoms with van der Waals surface area (Å²) in [6, 6.07) is 0. The van der Waals surface area contributed by atoms with Gasteiger partial charge in [-0.3, -0.25) is 0 Å². The summed E-state index contributed by atoms with van der Waals surface area (Å²) in [5.41, 5.74) is 0. The second-order valence-corrected chi connectivity index (χ2v) is 10.0. The summed E-state index contributed by atoms with van der Waals surface area (Å²) in [6.45, 7) is 7.66. The molecule has 0 atom stereocenters. The van der Waals surface area contributed by atoms with E-state index in [-0.39, 0.29) is 19.3 Å². The van der Waals surface area contributed by atoms with Crippen LogP contribution in [0, 0.1) is 0 Å². The van der Waals surface area contributed by atoms with Crippen molar-refractivity contribution in [2.24, 2.45) is 0 Å². The summed E-state index contributed by atoms with van der Waals surface area (Å²) in [6.07, 6.45) is 21.2. The van der Waals surface area contributed by atoms with E-state index in [9.17, 15) is 4.79 Å². The van der Waals surface area contributed by atoms with E-state index >= 15 is 0 Å². The first kappa shape index (κ1) is 34.1. The minimum atomic E-state index is -0.495. The summed E-state index contributed by atoms with van der Waals surface area (Å²) in [5, 5.41) is 18.1. The number of hydrogen-bond acceptors (Lipinski definition) is 6. The molecule has 0 fully saturated rings. The fourth-order valence-electron chi connectivity index (χ4n) is 4.45. The first-order valence-electron chi connectivity index (χ1n) is 14.9. The van der Waals surface area contributed by atoms with Gasteiger partial charge >= 0.3 is 6.16 Å². The molecule has 0 rings (SSSR count). The Hall–Kier alpha value is -0.850. The van der Waals surface area contributed by atoms with Crippen molar-refractivity contribution in [3.05, 3.63) is 0 Å². The zero-order valence-corrected chi connectivity index (χ0v) is 23.3. The Bertz CT molecular complexity index is 419. The molecule has 6 heteroatoms. The lowest BCUT2D eigenvalue weighted by Gasteiger charge is -2.20. The molecule has 0 aliphatic carbocycles. The average Bonchev–Trinajstić information content (AvgIpc) is 2.85. The lowest BCUT2D eigenvalue weighted by molar-refractivity contribution is 0.0154. The second-order valence-electron chi connectivity index (χ2n) is 10.0. The minimum Gasteiger partial charge on any atom is -0.434 e. The molecule has 0 radical (unpaired) electrons. The maximum atomic E-state index is 12.3. The molecular weight excluding hydrogens is 442 g/mol. The van der Waals surface area contributed by atoms with Gasteiger partial charge in [0.2, 0.25) is 0 Å². The highest BCUT2D eigenvalue weighted by Gasteiger charge is 2.15. The van der Waals surface area contributed by atoms with Crippen LogP contribution in [0.3, 0.4) is 0 Å². The van der Waals surface area contributed by atoms with Gasteiger partial charge in [-0.05, 0) is 51.5 Å². The van der Waals surface area contributed by atoms with Crippen molar-refractivity contribution in [1.82, 2.24) is 4.90 Å². The van der Waals surface area contributed by atoms with Crippen LogP contribution in [-0.2, 0) is 9.47 Å². The van der Waals surface area contributed by atoms with E-state index < -0.39 is 6.16 Å². The van der Waals surface area contributed by atoms with Gasteiger partial charge < -0.3 is 24.6 Å². The van der Waals surface area contributed by atoms with E-state index in [0.717, 1.165) is 70.9 Å². The number of carbonyl (C=O) groups is 1. The van der Waals surface area contributed by atoms with Gasteiger partial charge in [-0.2, -0.15) is 0 Å². The Labute approximate surface area is 217 Å². The molecule has 0 heterocycles. The topological polar surface area (TPSA) is 79.2 Å². The van der Waals surface area contributed by atoms with Crippen molar-refractivity contribution in [3.8, 4) is 0 Å². The summed E-state index contributed by atoms with van der Waals surface area (Å²) in [7, 11) is 0. The van der Waals surface area contributed by atoms with Gasteiger partial charge in [0.05, 0.1) is 13.2 Å². The maximum Gasteiger partial charge on any atom is 0.508 e. The Morgan fingerprint density at radius 1 is 0.629 bits per heavy atom. The number of ether oxygens (including phenoxy) is 2. The quantitative estimate of drug-likeness (QED) is 0.0911. The molecule has 0 saturated carbocycles. The third-order valence-electron chi connectivity index (χ3n) is 6.66. The van der Waals surface area contributed by atoms with Crippen molar-refractivity contribution in [1.29, 1.82) is 0 Å². The monoisotopic (exact) mass is 501 g/mol. The molecule has 0 aromatic carbocycles. The van der Waals surface area contributed by atoms with Crippen LogP contribution in [0.25, 0.3) is 0 Å². The molecule has 2 N–H and O–H groups in total. The van der Waals surface area contributed by atoms with E-state index in [1.165, 1.54) is 64.2 Å². The molecule has 210 valence electrons. The van der Waals surface area contributed by atoms with E-state index in [2.05, 4.69) is 18.7 Å². The van der Waals surface area contributed by atoms with Gasteiger partial charge in [0, 0.05) is 19.7 Å². The summed E-state index contributed by atoms with van der Waals surface area (Å²) in [5.74, 6) is 0. The predicted molar refractivity (Wildman–Crippen MR) is 146 cm³/mol. The summed E-state index contributed by atoms with van der Waals surface area (Å²) < 4.78 is 11.1. The smallest absolute Gasteiger partial charge is 0.434 e. The van der Waals surface area contributed by atoms with E-state index in [1.54, 1.807) is 0 Å². The standard InChI is InChI=1S/C29H59NO5/c1-3-5-7-9-11-15-20-28(21-16-12-10-8-6-4-2)35-29(33)34-27-18-14-13-17-22-30(24-26-32)23-19-25-31/h28,31-32H,3-27H2,1-2H3. The number of aliphatic hydroxyl groups is 2. The minimum absolute atomic E-state index is 0.00345. The van der Waals surface area contributed by atoms with Crippen LogP contribution < -0.4 is 0 Å². The second kappa shape index (κ2) is 27.7. The van der Waals surface area contributed by atoms with Gasteiger partial charge in [0.25, 0.3) is 0 Å². The number of unbranched alkanes of at least 4 members (excludes halogenated alkanes) is 13. The molecule has 0 aromatic heterocycles. The van der Waals surface area contributed by atoms with Crippen LogP contribution in [0.15, 0.2) is 0 Å². The molecule has 0 aromatic rings. The largest absolute Gasteiger partial charge is 0.508 e. The van der Waals surface area contributed by atoms with Gasteiger partial charge in [-0.15, -0.1) is 0 Å². The third kappa shape index (κ3) is 24.6. The normalized spacial score (nSPS) is 11.5. The van der Waals surface area contributed by atoms with Crippen LogP contribution in [0.2, 0.25) is 0 Å². The molecule has 0 spiro atoms. The van der Waals surface area contributed by atoms with Crippen LogP contribution >= 0.6 is 0 Å². The van der Waals surface area contributed by atoms with Gasteiger partial charge in [0.1, 0.15) is 6.10 Å². The molecule has 0 saturated heterocycles. The van der Waals surface area contributed by atoms with Crippen LogP contribution in [0.1, 0.15) is 136 Å². The van der Waals surface area contributed by atoms with Crippen molar-refractivity contribution in [2.45, 2.75) is 142 Å². The number of hydrogen-bond donors (Lipinski definition) is 2. The maximum absolute atomic E-state index is 12.3. The zero-order valence-electron chi connectivity index (χ0n) is 23.3. The highest BCUT2D eigenvalue weighted by atomic mass is 16.7. The first-order chi connectivity index (χ1) is 17.2. The molecule has 0 aliphatic heterocycles. The van der Waals surface area contributed by atoms with Crippen LogP contribution in [0.4, 0.5) is 4.79 Å². The summed E-state index contributed by atoms with van der Waals surface area (Å²) in [4.78, 5) is 14.4. The third-order valence-corrected chi connectivity index (χ3v) is 6.66. The Kier molecular flexibility index (Phi) is 27.1. The Morgan fingerprint density at radius 3 is 1.71 bits per heavy atom. The molecular formula is C29H59NO5. The predicted octanol–water partition coefficient (Wildman–Crippen LogP) is 7.25.